The zero-order valence-electron chi connectivity index (χ0n) is 52.4. The fraction of sp³-hybridized carbons (Fsp3) is 0.0222. The van der Waals surface area contributed by atoms with E-state index >= 15 is 0 Å². The monoisotopic (exact) mass is 1260 g/mol. The van der Waals surface area contributed by atoms with Gasteiger partial charge in [0.1, 0.15) is 34.4 Å². The molecule has 0 saturated carbocycles. The van der Waals surface area contributed by atoms with E-state index < -0.39 is 10.8 Å². The van der Waals surface area contributed by atoms with Gasteiger partial charge < -0.3 is 14.2 Å². The van der Waals surface area contributed by atoms with Crippen molar-refractivity contribution >= 4 is 68.2 Å². The van der Waals surface area contributed by atoms with Gasteiger partial charge in [0.2, 0.25) is 0 Å². The lowest BCUT2D eigenvalue weighted by Gasteiger charge is -2.34. The van der Waals surface area contributed by atoms with Gasteiger partial charge in [-0.1, -0.05) is 195 Å². The molecule has 14 aromatic carbocycles. The standard InChI is InChI=1S/C90H58F4N2O/c1-3-57-19-25-63(26-20-57)89(65-29-33-67(91)34-30-65)83-17-7-5-15-77(83)79-47-23-61(53-85(79)89)59-11-9-13-73(51-59)95(71-41-37-69(93)38-42-71)75-45-49-81-82-50-46-76(56-88(82)97-87(81)55-75)96(72-43-39-70(94)40-44-72)74-14-10-12-60(52-74)62-24-48-80-78-16-6-8-18-84(78)90(86(80)54-62,66-31-35-68(92)36-32-66)64-27-21-58(4-2)22-28-64/h3-56H,1-2H2. The predicted octanol–water partition coefficient (Wildman–Crippen LogP) is 24.4. The summed E-state index contributed by atoms with van der Waals surface area (Å²) in [5, 5.41) is 1.81. The molecule has 462 valence electrons. The first-order valence-electron chi connectivity index (χ1n) is 32.3. The quantitative estimate of drug-likeness (QED) is 0.101. The van der Waals surface area contributed by atoms with E-state index in [0.29, 0.717) is 11.2 Å². The highest BCUT2D eigenvalue weighted by Crippen LogP contribution is 2.59. The normalized spacial score (nSPS) is 15.0. The largest absolute Gasteiger partial charge is 0.456 e. The molecule has 2 aliphatic carbocycles. The summed E-state index contributed by atoms with van der Waals surface area (Å²) in [5.74, 6) is -1.31. The highest BCUT2D eigenvalue weighted by molar-refractivity contribution is 6.07. The smallest absolute Gasteiger partial charge is 0.137 e. The van der Waals surface area contributed by atoms with E-state index in [1.807, 2.05) is 60.7 Å². The van der Waals surface area contributed by atoms with Crippen LogP contribution in [0.15, 0.2) is 333 Å². The average Bonchev–Trinajstić information content (AvgIpc) is 1.67. The molecule has 15 aromatic rings. The van der Waals surface area contributed by atoms with Crippen molar-refractivity contribution in [1.29, 1.82) is 0 Å². The molecule has 0 saturated heterocycles. The molecule has 3 nitrogen and oxygen atoms in total. The number of rotatable bonds is 14. The molecular formula is C90H58F4N2O. The van der Waals surface area contributed by atoms with Crippen LogP contribution in [0.1, 0.15) is 55.6 Å². The van der Waals surface area contributed by atoms with Crippen LogP contribution >= 0.6 is 0 Å². The summed E-state index contributed by atoms with van der Waals surface area (Å²) in [5.41, 5.74) is 23.2. The zero-order chi connectivity index (χ0) is 65.5. The molecule has 0 fully saturated rings. The molecule has 0 bridgehead atoms. The van der Waals surface area contributed by atoms with Crippen molar-refractivity contribution in [1.82, 2.24) is 0 Å². The summed E-state index contributed by atoms with van der Waals surface area (Å²) in [6.07, 6.45) is 3.68. The lowest BCUT2D eigenvalue weighted by Crippen LogP contribution is -2.28. The molecule has 2 atom stereocenters. The summed E-state index contributed by atoms with van der Waals surface area (Å²) in [4.78, 5) is 4.22. The van der Waals surface area contributed by atoms with Crippen LogP contribution in [0.5, 0.6) is 0 Å². The Balaban J connectivity index is 0.753. The number of halogens is 4. The molecule has 0 spiro atoms. The first kappa shape index (κ1) is 58.5. The summed E-state index contributed by atoms with van der Waals surface area (Å²) >= 11 is 0. The van der Waals surface area contributed by atoms with Crippen LogP contribution in [0.25, 0.3) is 78.6 Å². The van der Waals surface area contributed by atoms with Crippen LogP contribution in [0.3, 0.4) is 0 Å². The Hall–Kier alpha value is -12.3. The van der Waals surface area contributed by atoms with E-state index in [1.54, 1.807) is 48.5 Å². The van der Waals surface area contributed by atoms with Crippen LogP contribution < -0.4 is 9.80 Å². The minimum Gasteiger partial charge on any atom is -0.456 e. The van der Waals surface area contributed by atoms with Gasteiger partial charge in [0, 0.05) is 57.0 Å². The molecule has 2 aliphatic rings. The van der Waals surface area contributed by atoms with Crippen molar-refractivity contribution < 1.29 is 22.0 Å². The van der Waals surface area contributed by atoms with Gasteiger partial charge in [-0.3, -0.25) is 0 Å². The summed E-state index contributed by atoms with van der Waals surface area (Å²) in [6.45, 7) is 8.05. The Labute approximate surface area is 559 Å². The Morgan fingerprint density at radius 2 is 0.588 bits per heavy atom. The van der Waals surface area contributed by atoms with Crippen molar-refractivity contribution in [3.8, 4) is 44.5 Å². The SMILES string of the molecule is C=Cc1ccc(C2(c3ccc(F)cc3)c3ccccc3-c3ccc(-c4cccc(N(c5ccc(F)cc5)c5ccc6c(c5)oc5cc(N(c7ccc(F)cc7)c7cccc(-c8ccc9c(c8)C(c8ccc(F)cc8)(c8ccc(C=C)cc8)c8ccccc8-9)c7)ccc56)c4)cc32)cc1. The Kier molecular flexibility index (Phi) is 14.1. The number of hydrogen-bond donors (Lipinski definition) is 0. The fourth-order valence-electron chi connectivity index (χ4n) is 15.4. The maximum absolute atomic E-state index is 14.9. The number of benzene rings is 14. The minimum atomic E-state index is -0.776. The third-order valence-electron chi connectivity index (χ3n) is 19.8. The third-order valence-corrected chi connectivity index (χ3v) is 19.8. The first-order valence-corrected chi connectivity index (χ1v) is 32.3. The molecule has 2 unspecified atom stereocenters. The Bertz CT molecular complexity index is 5260. The summed E-state index contributed by atoms with van der Waals surface area (Å²) in [7, 11) is 0. The van der Waals surface area contributed by atoms with E-state index in [-0.39, 0.29) is 23.3 Å². The van der Waals surface area contributed by atoms with Crippen LogP contribution in [0.2, 0.25) is 0 Å². The summed E-state index contributed by atoms with van der Waals surface area (Å²) < 4.78 is 66.5. The van der Waals surface area contributed by atoms with Gasteiger partial charge in [0.25, 0.3) is 0 Å². The molecule has 1 aromatic heterocycles. The lowest BCUT2D eigenvalue weighted by molar-refractivity contribution is 0.624. The topological polar surface area (TPSA) is 19.6 Å². The van der Waals surface area contributed by atoms with Crippen LogP contribution in [0.4, 0.5) is 51.7 Å². The fourth-order valence-corrected chi connectivity index (χ4v) is 15.4. The lowest BCUT2D eigenvalue weighted by atomic mass is 9.67. The second-order valence-electron chi connectivity index (χ2n) is 25.0. The highest BCUT2D eigenvalue weighted by Gasteiger charge is 2.48. The molecule has 0 radical (unpaired) electrons. The maximum atomic E-state index is 14.9. The zero-order valence-corrected chi connectivity index (χ0v) is 52.4. The first-order chi connectivity index (χ1) is 47.6. The van der Waals surface area contributed by atoms with Gasteiger partial charge >= 0.3 is 0 Å². The van der Waals surface area contributed by atoms with E-state index in [1.165, 1.54) is 24.3 Å². The average molecular weight is 1260 g/mol. The van der Waals surface area contributed by atoms with Crippen LogP contribution in [0, 0.1) is 23.3 Å². The predicted molar refractivity (Wildman–Crippen MR) is 389 cm³/mol. The van der Waals surface area contributed by atoms with E-state index in [9.17, 15) is 17.6 Å². The van der Waals surface area contributed by atoms with Gasteiger partial charge in [-0.05, 0) is 234 Å². The number of nitrogens with zero attached hydrogens (tertiary/aromatic N) is 2. The van der Waals surface area contributed by atoms with Gasteiger partial charge in [-0.2, -0.15) is 0 Å². The van der Waals surface area contributed by atoms with Crippen molar-refractivity contribution in [2.24, 2.45) is 0 Å². The third kappa shape index (κ3) is 9.56. The Morgan fingerprint density at radius 1 is 0.268 bits per heavy atom. The van der Waals surface area contributed by atoms with Crippen molar-refractivity contribution in [2.45, 2.75) is 10.8 Å². The van der Waals surface area contributed by atoms with E-state index in [0.717, 1.165) is 145 Å². The molecule has 0 N–H and O–H groups in total. The van der Waals surface area contributed by atoms with E-state index in [2.05, 4.69) is 217 Å². The summed E-state index contributed by atoms with van der Waals surface area (Å²) in [6, 6.07) is 103. The van der Waals surface area contributed by atoms with Crippen molar-refractivity contribution in [3.05, 3.63) is 408 Å². The molecule has 0 aliphatic heterocycles. The van der Waals surface area contributed by atoms with Gasteiger partial charge in [0.15, 0.2) is 0 Å². The Morgan fingerprint density at radius 3 is 0.969 bits per heavy atom. The molecule has 0 amide bonds. The van der Waals surface area contributed by atoms with Gasteiger partial charge in [0.05, 0.1) is 10.8 Å². The molecule has 1 heterocycles. The number of furan rings is 1. The van der Waals surface area contributed by atoms with Crippen molar-refractivity contribution in [3.63, 3.8) is 0 Å². The minimum absolute atomic E-state index is 0.303. The molecule has 7 heteroatoms. The van der Waals surface area contributed by atoms with Gasteiger partial charge in [-0.25, -0.2) is 17.6 Å². The molecule has 17 rings (SSSR count). The van der Waals surface area contributed by atoms with E-state index in [4.69, 9.17) is 4.42 Å². The molecular weight excluding hydrogens is 1200 g/mol. The van der Waals surface area contributed by atoms with Crippen molar-refractivity contribution in [2.75, 3.05) is 9.80 Å². The second kappa shape index (κ2) is 23.3. The maximum Gasteiger partial charge on any atom is 0.137 e. The highest BCUT2D eigenvalue weighted by atomic mass is 19.1. The number of anilines is 6. The second-order valence-corrected chi connectivity index (χ2v) is 25.0. The number of hydrogen-bond acceptors (Lipinski definition) is 3. The van der Waals surface area contributed by atoms with Crippen LogP contribution in [-0.4, -0.2) is 0 Å². The van der Waals surface area contributed by atoms with Gasteiger partial charge in [-0.15, -0.1) is 0 Å². The van der Waals surface area contributed by atoms with Crippen LogP contribution in [-0.2, 0) is 10.8 Å². The number of fused-ring (bicyclic) bond motifs is 9. The molecule has 97 heavy (non-hydrogen) atoms.